The zero-order chi connectivity index (χ0) is 15.9. The molecular weight excluding hydrogens is 272 g/mol. The maximum absolute atomic E-state index is 9.23. The van der Waals surface area contributed by atoms with Gasteiger partial charge in [0.2, 0.25) is 0 Å². The Kier molecular flexibility index (Phi) is 6.13. The number of hydrogen-bond donors (Lipinski definition) is 2. The van der Waals surface area contributed by atoms with E-state index in [1.54, 1.807) is 0 Å². The number of nitrogens with zero attached hydrogens (tertiary/aromatic N) is 1. The van der Waals surface area contributed by atoms with Gasteiger partial charge in [-0.3, -0.25) is 0 Å². The summed E-state index contributed by atoms with van der Waals surface area (Å²) in [5.74, 6) is 0. The van der Waals surface area contributed by atoms with Crippen LogP contribution in [-0.2, 0) is 19.7 Å². The van der Waals surface area contributed by atoms with Gasteiger partial charge in [-0.1, -0.05) is 48.5 Å². The molecule has 0 saturated carbocycles. The molecular formula is C19H26N2O. The van der Waals surface area contributed by atoms with Crippen LogP contribution in [0.15, 0.2) is 48.5 Å². The first kappa shape index (κ1) is 16.7. The van der Waals surface area contributed by atoms with Gasteiger partial charge in [-0.15, -0.1) is 0 Å². The Labute approximate surface area is 133 Å². The molecule has 1 unspecified atom stereocenters. The number of nitrogens with one attached hydrogen (secondary N) is 1. The van der Waals surface area contributed by atoms with E-state index >= 15 is 0 Å². The average Bonchev–Trinajstić information content (AvgIpc) is 2.52. The van der Waals surface area contributed by atoms with Crippen molar-refractivity contribution < 1.29 is 5.11 Å². The summed E-state index contributed by atoms with van der Waals surface area (Å²) in [5.41, 5.74) is 4.79. The van der Waals surface area contributed by atoms with Gasteiger partial charge < -0.3 is 15.3 Å². The molecule has 22 heavy (non-hydrogen) atoms. The Hall–Kier alpha value is -1.68. The highest BCUT2D eigenvalue weighted by atomic mass is 16.3. The van der Waals surface area contributed by atoms with E-state index in [9.17, 15) is 5.11 Å². The van der Waals surface area contributed by atoms with Gasteiger partial charge in [0.25, 0.3) is 0 Å². The molecule has 0 aliphatic heterocycles. The maximum Gasteiger partial charge on any atom is 0.0681 e. The van der Waals surface area contributed by atoms with Crippen molar-refractivity contribution in [3.8, 4) is 0 Å². The van der Waals surface area contributed by atoms with Crippen molar-refractivity contribution in [2.24, 2.45) is 0 Å². The van der Waals surface area contributed by atoms with Crippen LogP contribution in [0.5, 0.6) is 0 Å². The number of aliphatic hydroxyl groups excluding tert-OH is 1. The van der Waals surface area contributed by atoms with Gasteiger partial charge in [0, 0.05) is 19.1 Å². The lowest BCUT2D eigenvalue weighted by Gasteiger charge is -2.16. The Morgan fingerprint density at radius 1 is 1.00 bits per heavy atom. The normalized spacial score (nSPS) is 12.6. The van der Waals surface area contributed by atoms with Crippen molar-refractivity contribution in [1.29, 1.82) is 0 Å². The number of hydrogen-bond acceptors (Lipinski definition) is 3. The van der Waals surface area contributed by atoms with Crippen LogP contribution in [0.2, 0.25) is 0 Å². The highest BCUT2D eigenvalue weighted by Crippen LogP contribution is 2.15. The van der Waals surface area contributed by atoms with E-state index in [-0.39, 0.29) is 12.6 Å². The van der Waals surface area contributed by atoms with Crippen molar-refractivity contribution in [3.05, 3.63) is 70.8 Å². The molecule has 2 rings (SSSR count). The highest BCUT2D eigenvalue weighted by molar-refractivity contribution is 5.26. The van der Waals surface area contributed by atoms with Crippen LogP contribution in [0.25, 0.3) is 0 Å². The van der Waals surface area contributed by atoms with Gasteiger partial charge >= 0.3 is 0 Å². The molecule has 0 aromatic heterocycles. The van der Waals surface area contributed by atoms with E-state index in [0.717, 1.165) is 18.7 Å². The Morgan fingerprint density at radius 2 is 1.68 bits per heavy atom. The van der Waals surface area contributed by atoms with Crippen molar-refractivity contribution >= 4 is 0 Å². The van der Waals surface area contributed by atoms with Gasteiger partial charge in [0.15, 0.2) is 0 Å². The second-order valence-corrected chi connectivity index (χ2v) is 6.06. The molecule has 0 aliphatic rings. The molecule has 2 aromatic rings. The summed E-state index contributed by atoms with van der Waals surface area (Å²) in [6, 6.07) is 17.0. The maximum atomic E-state index is 9.23. The molecule has 118 valence electrons. The summed E-state index contributed by atoms with van der Waals surface area (Å²) >= 11 is 0. The minimum atomic E-state index is 0.0904. The molecule has 2 N–H and O–H groups in total. The second-order valence-electron chi connectivity index (χ2n) is 6.06. The summed E-state index contributed by atoms with van der Waals surface area (Å²) in [6.45, 7) is 4.04. The summed E-state index contributed by atoms with van der Waals surface area (Å²) in [4.78, 5) is 2.18. The van der Waals surface area contributed by atoms with Crippen LogP contribution in [0.4, 0.5) is 0 Å². The molecule has 0 bridgehead atoms. The first-order valence-electron chi connectivity index (χ1n) is 7.74. The third-order valence-electron chi connectivity index (χ3n) is 3.74. The van der Waals surface area contributed by atoms with Crippen LogP contribution in [0, 0.1) is 0 Å². The highest BCUT2D eigenvalue weighted by Gasteiger charge is 2.06. The predicted molar refractivity (Wildman–Crippen MR) is 91.5 cm³/mol. The second kappa shape index (κ2) is 8.08. The molecule has 0 aliphatic carbocycles. The zero-order valence-corrected chi connectivity index (χ0v) is 13.7. The standard InChI is InChI=1S/C19H26N2O/c1-15(19-9-5-8-18(11-19)14-22)20-12-16-6-4-7-17(10-16)13-21(2)3/h4-11,15,20,22H,12-14H2,1-3H3. The van der Waals surface area contributed by atoms with E-state index in [1.165, 1.54) is 16.7 Å². The summed E-state index contributed by atoms with van der Waals surface area (Å²) in [7, 11) is 4.17. The van der Waals surface area contributed by atoms with Crippen LogP contribution in [0.3, 0.4) is 0 Å². The van der Waals surface area contributed by atoms with E-state index in [2.05, 4.69) is 67.6 Å². The quantitative estimate of drug-likeness (QED) is 0.824. The fourth-order valence-electron chi connectivity index (χ4n) is 2.55. The van der Waals surface area contributed by atoms with Crippen LogP contribution >= 0.6 is 0 Å². The van der Waals surface area contributed by atoms with Crippen molar-refractivity contribution in [2.45, 2.75) is 32.7 Å². The van der Waals surface area contributed by atoms with Crippen molar-refractivity contribution in [1.82, 2.24) is 10.2 Å². The molecule has 3 heteroatoms. The summed E-state index contributed by atoms with van der Waals surface area (Å²) < 4.78 is 0. The Balaban J connectivity index is 1.97. The molecule has 3 nitrogen and oxygen atoms in total. The lowest BCUT2D eigenvalue weighted by Crippen LogP contribution is -2.18. The lowest BCUT2D eigenvalue weighted by atomic mass is 10.0. The van der Waals surface area contributed by atoms with Crippen molar-refractivity contribution in [2.75, 3.05) is 14.1 Å². The van der Waals surface area contributed by atoms with Gasteiger partial charge in [-0.05, 0) is 43.3 Å². The smallest absolute Gasteiger partial charge is 0.0681 e. The molecule has 0 radical (unpaired) electrons. The fraction of sp³-hybridized carbons (Fsp3) is 0.368. The largest absolute Gasteiger partial charge is 0.392 e. The first-order valence-corrected chi connectivity index (χ1v) is 7.74. The summed E-state index contributed by atoms with van der Waals surface area (Å²) in [5, 5.41) is 12.8. The summed E-state index contributed by atoms with van der Waals surface area (Å²) in [6.07, 6.45) is 0. The molecule has 0 fully saturated rings. The van der Waals surface area contributed by atoms with Crippen molar-refractivity contribution in [3.63, 3.8) is 0 Å². The fourth-order valence-corrected chi connectivity index (χ4v) is 2.55. The third-order valence-corrected chi connectivity index (χ3v) is 3.74. The average molecular weight is 298 g/mol. The zero-order valence-electron chi connectivity index (χ0n) is 13.7. The van der Waals surface area contributed by atoms with Gasteiger partial charge in [-0.25, -0.2) is 0 Å². The predicted octanol–water partition coefficient (Wildman–Crippen LogP) is 3.09. The Morgan fingerprint density at radius 3 is 2.41 bits per heavy atom. The van der Waals surface area contributed by atoms with Crippen LogP contribution in [-0.4, -0.2) is 24.1 Å². The van der Waals surface area contributed by atoms with E-state index in [0.29, 0.717) is 0 Å². The third kappa shape index (κ3) is 4.95. The molecule has 0 amide bonds. The number of aliphatic hydroxyl groups is 1. The van der Waals surface area contributed by atoms with Crippen LogP contribution in [0.1, 0.15) is 35.2 Å². The van der Waals surface area contributed by atoms with E-state index in [4.69, 9.17) is 0 Å². The number of benzene rings is 2. The van der Waals surface area contributed by atoms with Gasteiger partial charge in [-0.2, -0.15) is 0 Å². The molecule has 1 atom stereocenters. The van der Waals surface area contributed by atoms with Gasteiger partial charge in [0.1, 0.15) is 0 Å². The van der Waals surface area contributed by atoms with E-state index in [1.807, 2.05) is 12.1 Å². The van der Waals surface area contributed by atoms with Gasteiger partial charge in [0.05, 0.1) is 6.61 Å². The minimum absolute atomic E-state index is 0.0904. The molecule has 0 heterocycles. The Bertz CT molecular complexity index is 595. The molecule has 2 aromatic carbocycles. The first-order chi connectivity index (χ1) is 10.6. The monoisotopic (exact) mass is 298 g/mol. The minimum Gasteiger partial charge on any atom is -0.392 e. The topological polar surface area (TPSA) is 35.5 Å². The molecule has 0 saturated heterocycles. The van der Waals surface area contributed by atoms with E-state index < -0.39 is 0 Å². The molecule has 0 spiro atoms. The SMILES string of the molecule is CC(NCc1cccc(CN(C)C)c1)c1cccc(CO)c1. The number of rotatable bonds is 7. The van der Waals surface area contributed by atoms with Crippen LogP contribution < -0.4 is 5.32 Å². The lowest BCUT2D eigenvalue weighted by molar-refractivity contribution is 0.281.